The Kier molecular flexibility index (Phi) is 5.60. The van der Waals surface area contributed by atoms with Crippen molar-refractivity contribution in [1.29, 1.82) is 0 Å². The molecule has 112 valence electrons. The van der Waals surface area contributed by atoms with E-state index in [0.29, 0.717) is 12.1 Å². The van der Waals surface area contributed by atoms with E-state index in [-0.39, 0.29) is 0 Å². The summed E-state index contributed by atoms with van der Waals surface area (Å²) in [6, 6.07) is 1.04. The van der Waals surface area contributed by atoms with E-state index in [1.807, 2.05) is 0 Å². The summed E-state index contributed by atoms with van der Waals surface area (Å²) in [5.41, 5.74) is 3.46. The third-order valence-electron chi connectivity index (χ3n) is 3.76. The molecule has 0 saturated carbocycles. The zero-order valence-electron chi connectivity index (χ0n) is 12.5. The first-order valence-electron chi connectivity index (χ1n) is 7.42. The van der Waals surface area contributed by atoms with Gasteiger partial charge in [-0.3, -0.25) is 0 Å². The summed E-state index contributed by atoms with van der Waals surface area (Å²) >= 11 is 3.60. The van der Waals surface area contributed by atoms with E-state index in [4.69, 9.17) is 0 Å². The second-order valence-electron chi connectivity index (χ2n) is 5.46. The van der Waals surface area contributed by atoms with Crippen molar-refractivity contribution in [2.75, 3.05) is 17.3 Å². The van der Waals surface area contributed by atoms with Gasteiger partial charge in [0.25, 0.3) is 0 Å². The second kappa shape index (κ2) is 7.22. The Balaban J connectivity index is 2.12. The van der Waals surface area contributed by atoms with Crippen molar-refractivity contribution in [2.45, 2.75) is 58.5 Å². The molecule has 2 N–H and O–H groups in total. The fourth-order valence-corrected chi connectivity index (χ4v) is 3.01. The molecule has 2 rings (SSSR count). The number of hydrogen-bond acceptors (Lipinski definition) is 5. The highest BCUT2D eigenvalue weighted by Crippen LogP contribution is 2.29. The number of anilines is 2. The standard InChI is InChI=1S/C14H24BrN5/c1-4-8-16-13-12(15)14(18-9-17-13)19-20-10(2)6-5-7-11(20)3/h9-11H,4-8H2,1-3H3,(H2,16,17,18,19). The van der Waals surface area contributed by atoms with Gasteiger partial charge in [-0.15, -0.1) is 0 Å². The summed E-state index contributed by atoms with van der Waals surface area (Å²) in [7, 11) is 0. The summed E-state index contributed by atoms with van der Waals surface area (Å²) in [5, 5.41) is 5.61. The average molecular weight is 342 g/mol. The molecule has 5 nitrogen and oxygen atoms in total. The maximum Gasteiger partial charge on any atom is 0.160 e. The van der Waals surface area contributed by atoms with Crippen LogP contribution >= 0.6 is 15.9 Å². The van der Waals surface area contributed by atoms with Gasteiger partial charge in [-0.2, -0.15) is 0 Å². The molecule has 2 heterocycles. The van der Waals surface area contributed by atoms with Gasteiger partial charge in [0.2, 0.25) is 0 Å². The highest BCUT2D eigenvalue weighted by atomic mass is 79.9. The molecule has 1 aliphatic heterocycles. The fraction of sp³-hybridized carbons (Fsp3) is 0.714. The van der Waals surface area contributed by atoms with E-state index in [9.17, 15) is 0 Å². The number of nitrogens with zero attached hydrogens (tertiary/aromatic N) is 3. The lowest BCUT2D eigenvalue weighted by Crippen LogP contribution is -2.47. The molecule has 20 heavy (non-hydrogen) atoms. The number of aromatic nitrogens is 2. The molecule has 0 radical (unpaired) electrons. The molecule has 6 heteroatoms. The maximum absolute atomic E-state index is 4.36. The first-order chi connectivity index (χ1) is 9.63. The van der Waals surface area contributed by atoms with Gasteiger partial charge in [0.05, 0.1) is 0 Å². The van der Waals surface area contributed by atoms with Gasteiger partial charge in [0.15, 0.2) is 5.82 Å². The molecule has 1 saturated heterocycles. The number of nitrogens with one attached hydrogen (secondary N) is 2. The Hall–Kier alpha value is -0.880. The molecule has 1 fully saturated rings. The van der Waals surface area contributed by atoms with Crippen molar-refractivity contribution in [3.8, 4) is 0 Å². The molecule has 2 atom stereocenters. The lowest BCUT2D eigenvalue weighted by atomic mass is 10.00. The van der Waals surface area contributed by atoms with Crippen LogP contribution in [0.2, 0.25) is 0 Å². The predicted octanol–water partition coefficient (Wildman–Crippen LogP) is 3.65. The van der Waals surface area contributed by atoms with Gasteiger partial charge in [-0.05, 0) is 49.0 Å². The van der Waals surface area contributed by atoms with Crippen LogP contribution in [0.25, 0.3) is 0 Å². The van der Waals surface area contributed by atoms with E-state index in [2.05, 4.69) is 62.4 Å². The lowest BCUT2D eigenvalue weighted by molar-refractivity contribution is 0.135. The molecule has 0 amide bonds. The highest BCUT2D eigenvalue weighted by Gasteiger charge is 2.25. The largest absolute Gasteiger partial charge is 0.369 e. The quantitative estimate of drug-likeness (QED) is 0.855. The van der Waals surface area contributed by atoms with Crippen molar-refractivity contribution in [2.24, 2.45) is 0 Å². The molecule has 0 bridgehead atoms. The number of rotatable bonds is 5. The van der Waals surface area contributed by atoms with E-state index in [0.717, 1.165) is 29.1 Å². The Morgan fingerprint density at radius 2 is 1.90 bits per heavy atom. The minimum Gasteiger partial charge on any atom is -0.369 e. The lowest BCUT2D eigenvalue weighted by Gasteiger charge is -2.39. The third-order valence-corrected chi connectivity index (χ3v) is 4.51. The van der Waals surface area contributed by atoms with Crippen molar-refractivity contribution < 1.29 is 0 Å². The van der Waals surface area contributed by atoms with E-state index in [1.165, 1.54) is 19.3 Å². The SMILES string of the molecule is CCCNc1ncnc(NN2C(C)CCCC2C)c1Br. The number of halogens is 1. The zero-order chi connectivity index (χ0) is 14.5. The Labute approximate surface area is 129 Å². The minimum absolute atomic E-state index is 0.521. The van der Waals surface area contributed by atoms with Crippen LogP contribution in [0.1, 0.15) is 46.5 Å². The smallest absolute Gasteiger partial charge is 0.160 e. The van der Waals surface area contributed by atoms with Crippen molar-refractivity contribution in [1.82, 2.24) is 15.0 Å². The number of hydrogen-bond donors (Lipinski definition) is 2. The maximum atomic E-state index is 4.36. The van der Waals surface area contributed by atoms with Crippen molar-refractivity contribution in [3.63, 3.8) is 0 Å². The van der Waals surface area contributed by atoms with Crippen LogP contribution in [0.4, 0.5) is 11.6 Å². The molecule has 0 aromatic carbocycles. The summed E-state index contributed by atoms with van der Waals surface area (Å²) in [5.74, 6) is 1.68. The molecule has 0 spiro atoms. The number of hydrazine groups is 1. The van der Waals surface area contributed by atoms with Crippen LogP contribution in [0.3, 0.4) is 0 Å². The molecule has 1 aromatic rings. The highest BCUT2D eigenvalue weighted by molar-refractivity contribution is 9.10. The topological polar surface area (TPSA) is 53.1 Å². The molecule has 1 aliphatic rings. The zero-order valence-corrected chi connectivity index (χ0v) is 14.1. The third kappa shape index (κ3) is 3.61. The molecule has 0 aliphatic carbocycles. The minimum atomic E-state index is 0.521. The van der Waals surface area contributed by atoms with Crippen LogP contribution in [0.15, 0.2) is 10.8 Å². The van der Waals surface area contributed by atoms with Crippen molar-refractivity contribution in [3.05, 3.63) is 10.8 Å². The first-order valence-corrected chi connectivity index (χ1v) is 8.22. The van der Waals surface area contributed by atoms with Crippen LogP contribution < -0.4 is 10.7 Å². The first kappa shape index (κ1) is 15.5. The predicted molar refractivity (Wildman–Crippen MR) is 86.7 cm³/mol. The molecule has 2 unspecified atom stereocenters. The second-order valence-corrected chi connectivity index (χ2v) is 6.25. The van der Waals surface area contributed by atoms with Gasteiger partial charge in [-0.25, -0.2) is 15.0 Å². The number of piperidine rings is 1. The fourth-order valence-electron chi connectivity index (χ4n) is 2.58. The Morgan fingerprint density at radius 3 is 2.55 bits per heavy atom. The van der Waals surface area contributed by atoms with E-state index in [1.54, 1.807) is 6.33 Å². The summed E-state index contributed by atoms with van der Waals surface area (Å²) in [6.45, 7) is 7.56. The molecular formula is C14H24BrN5. The van der Waals surface area contributed by atoms with Gasteiger partial charge in [-0.1, -0.05) is 13.3 Å². The van der Waals surface area contributed by atoms with E-state index >= 15 is 0 Å². The van der Waals surface area contributed by atoms with E-state index < -0.39 is 0 Å². The summed E-state index contributed by atoms with van der Waals surface area (Å²) < 4.78 is 0.901. The van der Waals surface area contributed by atoms with Gasteiger partial charge in [0.1, 0.15) is 16.6 Å². The van der Waals surface area contributed by atoms with Crippen LogP contribution in [-0.4, -0.2) is 33.6 Å². The summed E-state index contributed by atoms with van der Waals surface area (Å²) in [6.07, 6.45) is 6.42. The monoisotopic (exact) mass is 341 g/mol. The molecular weight excluding hydrogens is 318 g/mol. The van der Waals surface area contributed by atoms with Gasteiger partial charge >= 0.3 is 0 Å². The van der Waals surface area contributed by atoms with Crippen LogP contribution in [0.5, 0.6) is 0 Å². The van der Waals surface area contributed by atoms with Crippen molar-refractivity contribution >= 4 is 27.6 Å². The average Bonchev–Trinajstić information content (AvgIpc) is 2.43. The summed E-state index contributed by atoms with van der Waals surface area (Å²) in [4.78, 5) is 8.64. The van der Waals surface area contributed by atoms with Crippen LogP contribution in [-0.2, 0) is 0 Å². The Morgan fingerprint density at radius 1 is 1.25 bits per heavy atom. The Bertz CT molecular complexity index is 430. The van der Waals surface area contributed by atoms with Gasteiger partial charge in [0, 0.05) is 18.6 Å². The van der Waals surface area contributed by atoms with Gasteiger partial charge < -0.3 is 10.7 Å². The molecule has 1 aromatic heterocycles. The van der Waals surface area contributed by atoms with Crippen LogP contribution in [0, 0.1) is 0 Å². The normalized spacial score (nSPS) is 23.6.